The van der Waals surface area contributed by atoms with Crippen LogP contribution < -0.4 is 0 Å². The van der Waals surface area contributed by atoms with E-state index < -0.39 is 17.5 Å². The predicted octanol–water partition coefficient (Wildman–Crippen LogP) is 2.93. The van der Waals surface area contributed by atoms with Gasteiger partial charge in [0.2, 0.25) is 0 Å². The van der Waals surface area contributed by atoms with Crippen molar-refractivity contribution >= 4 is 21.9 Å². The normalized spacial score (nSPS) is 11.4. The third-order valence-electron chi connectivity index (χ3n) is 1.80. The number of carboxylic acids is 1. The van der Waals surface area contributed by atoms with Gasteiger partial charge in [-0.25, -0.2) is 4.79 Å². The molecule has 0 fully saturated rings. The number of hydrogen-bond acceptors (Lipinski definition) is 1. The molecule has 0 aliphatic heterocycles. The van der Waals surface area contributed by atoms with E-state index >= 15 is 0 Å². The number of hydrogen-bond donors (Lipinski definition) is 1. The maximum atomic E-state index is 13.1. The molecule has 5 heteroatoms. The van der Waals surface area contributed by atoms with Gasteiger partial charge in [-0.1, -0.05) is 22.0 Å². The van der Waals surface area contributed by atoms with Crippen LogP contribution in [0, 0.1) is 6.92 Å². The Morgan fingerprint density at radius 2 is 2.07 bits per heavy atom. The molecule has 0 spiro atoms. The van der Waals surface area contributed by atoms with E-state index in [4.69, 9.17) is 5.11 Å². The molecule has 2 nitrogen and oxygen atoms in total. The molecule has 0 amide bonds. The minimum atomic E-state index is -3.83. The monoisotopic (exact) mass is 264 g/mol. The van der Waals surface area contributed by atoms with Crippen LogP contribution in [-0.4, -0.2) is 11.1 Å². The van der Waals surface area contributed by atoms with E-state index in [1.165, 1.54) is 19.1 Å². The third-order valence-corrected chi connectivity index (χ3v) is 2.29. The quantitative estimate of drug-likeness (QED) is 0.892. The lowest BCUT2D eigenvalue weighted by Gasteiger charge is -2.13. The van der Waals surface area contributed by atoms with Gasteiger partial charge in [0.25, 0.3) is 0 Å². The van der Waals surface area contributed by atoms with Gasteiger partial charge in [0.1, 0.15) is 0 Å². The van der Waals surface area contributed by atoms with Crippen molar-refractivity contribution in [1.82, 2.24) is 0 Å². The predicted molar refractivity (Wildman–Crippen MR) is 50.4 cm³/mol. The average Bonchev–Trinajstić information content (AvgIpc) is 2.02. The number of halogens is 3. The molecule has 76 valence electrons. The first-order chi connectivity index (χ1) is 6.35. The highest BCUT2D eigenvalue weighted by molar-refractivity contribution is 9.10. The Bertz CT molecular complexity index is 377. The zero-order valence-corrected chi connectivity index (χ0v) is 8.81. The summed E-state index contributed by atoms with van der Waals surface area (Å²) in [4.78, 5) is 10.3. The van der Waals surface area contributed by atoms with Crippen molar-refractivity contribution < 1.29 is 18.7 Å². The van der Waals surface area contributed by atoms with Crippen LogP contribution in [0.5, 0.6) is 0 Å². The third kappa shape index (κ3) is 1.92. The summed E-state index contributed by atoms with van der Waals surface area (Å²) in [6.45, 7) is 1.44. The SMILES string of the molecule is Cc1cc(Br)ccc1C(F)(F)C(=O)O. The molecule has 0 unspecified atom stereocenters. The highest BCUT2D eigenvalue weighted by Crippen LogP contribution is 2.31. The van der Waals surface area contributed by atoms with E-state index in [1.54, 1.807) is 0 Å². The van der Waals surface area contributed by atoms with Crippen LogP contribution in [0.4, 0.5) is 8.78 Å². The Morgan fingerprint density at radius 1 is 1.50 bits per heavy atom. The number of benzene rings is 1. The minimum absolute atomic E-state index is 0.242. The topological polar surface area (TPSA) is 37.3 Å². The fraction of sp³-hybridized carbons (Fsp3) is 0.222. The second kappa shape index (κ2) is 3.65. The van der Waals surface area contributed by atoms with E-state index in [0.29, 0.717) is 4.47 Å². The number of alkyl halides is 2. The average molecular weight is 265 g/mol. The van der Waals surface area contributed by atoms with Crippen LogP contribution >= 0.6 is 15.9 Å². The number of carboxylic acid groups (broad SMARTS) is 1. The summed E-state index contributed by atoms with van der Waals surface area (Å²) in [7, 11) is 0. The maximum Gasteiger partial charge on any atom is 0.379 e. The van der Waals surface area contributed by atoms with Crippen molar-refractivity contribution in [2.45, 2.75) is 12.8 Å². The molecular formula is C9H7BrF2O2. The largest absolute Gasteiger partial charge is 0.477 e. The van der Waals surface area contributed by atoms with Gasteiger partial charge in [0.15, 0.2) is 0 Å². The van der Waals surface area contributed by atoms with Gasteiger partial charge in [0.05, 0.1) is 0 Å². The zero-order chi connectivity index (χ0) is 10.9. The van der Waals surface area contributed by atoms with E-state index in [1.807, 2.05) is 0 Å². The molecule has 1 rings (SSSR count). The second-order valence-electron chi connectivity index (χ2n) is 2.84. The van der Waals surface area contributed by atoms with Crippen molar-refractivity contribution in [1.29, 1.82) is 0 Å². The summed E-state index contributed by atoms with van der Waals surface area (Å²) in [5, 5.41) is 8.33. The molecule has 0 saturated heterocycles. The Kier molecular flexibility index (Phi) is 2.89. The molecule has 0 bridgehead atoms. The highest BCUT2D eigenvalue weighted by atomic mass is 79.9. The summed E-state index contributed by atoms with van der Waals surface area (Å²) >= 11 is 3.11. The number of aryl methyl sites for hydroxylation is 1. The maximum absolute atomic E-state index is 13.1. The first kappa shape index (κ1) is 11.1. The van der Waals surface area contributed by atoms with Crippen molar-refractivity contribution in [2.75, 3.05) is 0 Å². The number of carbonyl (C=O) groups is 1. The van der Waals surface area contributed by atoms with E-state index in [2.05, 4.69) is 15.9 Å². The van der Waals surface area contributed by atoms with Crippen LogP contribution in [0.25, 0.3) is 0 Å². The van der Waals surface area contributed by atoms with Crippen LogP contribution in [0.2, 0.25) is 0 Å². The molecule has 0 saturated carbocycles. The van der Waals surface area contributed by atoms with Gasteiger partial charge >= 0.3 is 11.9 Å². The van der Waals surface area contributed by atoms with Crippen LogP contribution in [0.1, 0.15) is 11.1 Å². The van der Waals surface area contributed by atoms with Gasteiger partial charge in [-0.2, -0.15) is 8.78 Å². The molecule has 0 aromatic heterocycles. The van der Waals surface area contributed by atoms with Gasteiger partial charge in [0, 0.05) is 10.0 Å². The Labute approximate surface area is 87.7 Å². The lowest BCUT2D eigenvalue weighted by atomic mass is 10.0. The molecule has 1 aromatic carbocycles. The molecule has 0 heterocycles. The van der Waals surface area contributed by atoms with E-state index in [-0.39, 0.29) is 5.56 Å². The molecule has 0 aliphatic rings. The number of aliphatic carboxylic acids is 1. The Balaban J connectivity index is 3.26. The Hall–Kier alpha value is -0.970. The van der Waals surface area contributed by atoms with Crippen molar-refractivity contribution in [3.8, 4) is 0 Å². The lowest BCUT2D eigenvalue weighted by molar-refractivity contribution is -0.166. The van der Waals surface area contributed by atoms with E-state index in [0.717, 1.165) is 6.07 Å². The standard InChI is InChI=1S/C9H7BrF2O2/c1-5-4-6(10)2-3-7(5)9(11,12)8(13)14/h2-4H,1H3,(H,13,14). The van der Waals surface area contributed by atoms with Crippen LogP contribution in [0.3, 0.4) is 0 Å². The summed E-state index contributed by atoms with van der Waals surface area (Å²) in [5.74, 6) is -5.96. The fourth-order valence-electron chi connectivity index (χ4n) is 1.09. The lowest BCUT2D eigenvalue weighted by Crippen LogP contribution is -2.26. The molecule has 0 aliphatic carbocycles. The molecule has 0 radical (unpaired) electrons. The first-order valence-electron chi connectivity index (χ1n) is 3.73. The smallest absolute Gasteiger partial charge is 0.379 e. The molecule has 0 atom stereocenters. The second-order valence-corrected chi connectivity index (χ2v) is 3.75. The molecule has 1 N–H and O–H groups in total. The fourth-order valence-corrected chi connectivity index (χ4v) is 1.57. The summed E-state index contributed by atoms with van der Waals surface area (Å²) in [6, 6.07) is 3.94. The summed E-state index contributed by atoms with van der Waals surface area (Å²) in [6.07, 6.45) is 0. The molecular weight excluding hydrogens is 258 g/mol. The Morgan fingerprint density at radius 3 is 2.50 bits per heavy atom. The van der Waals surface area contributed by atoms with Gasteiger partial charge in [-0.05, 0) is 24.6 Å². The van der Waals surface area contributed by atoms with Crippen molar-refractivity contribution in [2.24, 2.45) is 0 Å². The van der Waals surface area contributed by atoms with Crippen LogP contribution in [-0.2, 0) is 10.7 Å². The van der Waals surface area contributed by atoms with Gasteiger partial charge in [-0.15, -0.1) is 0 Å². The number of rotatable bonds is 2. The highest BCUT2D eigenvalue weighted by Gasteiger charge is 2.42. The molecule has 1 aromatic rings. The van der Waals surface area contributed by atoms with Gasteiger partial charge in [-0.3, -0.25) is 0 Å². The van der Waals surface area contributed by atoms with Crippen molar-refractivity contribution in [3.63, 3.8) is 0 Å². The summed E-state index contributed by atoms with van der Waals surface area (Å²) in [5.41, 5.74) is -0.236. The zero-order valence-electron chi connectivity index (χ0n) is 7.22. The van der Waals surface area contributed by atoms with Crippen LogP contribution in [0.15, 0.2) is 22.7 Å². The van der Waals surface area contributed by atoms with E-state index in [9.17, 15) is 13.6 Å². The minimum Gasteiger partial charge on any atom is -0.477 e. The summed E-state index contributed by atoms with van der Waals surface area (Å²) < 4.78 is 26.8. The first-order valence-corrected chi connectivity index (χ1v) is 4.53. The van der Waals surface area contributed by atoms with Crippen molar-refractivity contribution in [3.05, 3.63) is 33.8 Å². The molecule has 14 heavy (non-hydrogen) atoms. The van der Waals surface area contributed by atoms with Gasteiger partial charge < -0.3 is 5.11 Å².